The minimum Gasteiger partial charge on any atom is -0.468 e. The van der Waals surface area contributed by atoms with E-state index in [0.29, 0.717) is 0 Å². The van der Waals surface area contributed by atoms with Crippen LogP contribution < -0.4 is 5.32 Å². The number of epoxide rings is 1. The molecule has 4 aliphatic rings. The molecule has 4 nitrogen and oxygen atoms in total. The van der Waals surface area contributed by atoms with Crippen molar-refractivity contribution in [1.29, 1.82) is 0 Å². The molecule has 6 rings (SSSR count). The zero-order valence-corrected chi connectivity index (χ0v) is 18.8. The van der Waals surface area contributed by atoms with Gasteiger partial charge in [-0.25, -0.2) is 0 Å². The molecule has 1 aromatic carbocycles. The third-order valence-corrected chi connectivity index (χ3v) is 9.87. The number of H-pyrrole nitrogens is 1. The molecule has 1 saturated heterocycles. The number of benzene rings is 1. The van der Waals surface area contributed by atoms with Gasteiger partial charge in [0.05, 0.1) is 0 Å². The zero-order chi connectivity index (χ0) is 21.5. The van der Waals surface area contributed by atoms with Gasteiger partial charge in [0.2, 0.25) is 0 Å². The maximum atomic E-state index is 13.2. The summed E-state index contributed by atoms with van der Waals surface area (Å²) in [7, 11) is 4.36. The van der Waals surface area contributed by atoms with Crippen LogP contribution in [0.1, 0.15) is 64.3 Å². The predicted octanol–water partition coefficient (Wildman–Crippen LogP) is 3.40. The van der Waals surface area contributed by atoms with E-state index in [0.717, 1.165) is 29.6 Å². The van der Waals surface area contributed by atoms with Crippen molar-refractivity contribution in [2.75, 3.05) is 0 Å². The minimum atomic E-state index is -1.07. The SMILES string of the molecule is C=C[C@@]1(C)CC[C@@H]2C(C)(C)c3cccc4[nH]c5c(c34)[C@@]2(O)[C@]1([NH2+][CH2-])[C@H]1O[C@H]1C5(C)C. The van der Waals surface area contributed by atoms with Gasteiger partial charge < -0.3 is 20.1 Å². The van der Waals surface area contributed by atoms with E-state index >= 15 is 0 Å². The average molecular weight is 407 g/mol. The van der Waals surface area contributed by atoms with E-state index in [1.54, 1.807) is 0 Å². The van der Waals surface area contributed by atoms with E-state index in [-0.39, 0.29) is 34.4 Å². The molecule has 1 aliphatic heterocycles. The average Bonchev–Trinajstić information content (AvgIpc) is 3.40. The summed E-state index contributed by atoms with van der Waals surface area (Å²) in [5.41, 5.74) is 2.30. The fourth-order valence-electron chi connectivity index (χ4n) is 8.15. The summed E-state index contributed by atoms with van der Waals surface area (Å²) in [4.78, 5) is 3.75. The molecule has 30 heavy (non-hydrogen) atoms. The molecule has 1 aromatic heterocycles. The molecule has 0 radical (unpaired) electrons. The number of hydrogen-bond donors (Lipinski definition) is 3. The first-order chi connectivity index (χ1) is 14.0. The van der Waals surface area contributed by atoms with Gasteiger partial charge in [-0.3, -0.25) is 0 Å². The maximum Gasteiger partial charge on any atom is 0.151 e. The summed E-state index contributed by atoms with van der Waals surface area (Å²) in [6.07, 6.45) is 3.95. The van der Waals surface area contributed by atoms with Gasteiger partial charge in [-0.15, -0.1) is 6.58 Å². The van der Waals surface area contributed by atoms with Crippen LogP contribution in [-0.2, 0) is 21.2 Å². The van der Waals surface area contributed by atoms with Crippen molar-refractivity contribution >= 4 is 10.9 Å². The molecule has 160 valence electrons. The monoisotopic (exact) mass is 406 g/mol. The van der Waals surface area contributed by atoms with Gasteiger partial charge in [0.25, 0.3) is 0 Å². The maximum absolute atomic E-state index is 13.2. The number of nitrogens with two attached hydrogens (primary N) is 1. The second-order valence-electron chi connectivity index (χ2n) is 11.6. The normalized spacial score (nSPS) is 44.3. The number of nitrogens with one attached hydrogen (secondary N) is 1. The third-order valence-electron chi connectivity index (χ3n) is 9.87. The van der Waals surface area contributed by atoms with E-state index in [2.05, 4.69) is 77.5 Å². The molecule has 3 aliphatic carbocycles. The Labute approximate surface area is 179 Å². The quantitative estimate of drug-likeness (QED) is 0.407. The van der Waals surface area contributed by atoms with Crippen LogP contribution in [-0.4, -0.2) is 27.8 Å². The molecule has 2 heterocycles. The van der Waals surface area contributed by atoms with E-state index < -0.39 is 11.1 Å². The number of aromatic amines is 1. The Morgan fingerprint density at radius 2 is 1.93 bits per heavy atom. The highest BCUT2D eigenvalue weighted by molar-refractivity contribution is 5.92. The van der Waals surface area contributed by atoms with Crippen LogP contribution in [0.15, 0.2) is 30.9 Å². The summed E-state index contributed by atoms with van der Waals surface area (Å²) in [5, 5.41) is 16.4. The van der Waals surface area contributed by atoms with Crippen LogP contribution in [0, 0.1) is 18.4 Å². The number of rotatable bonds is 2. The van der Waals surface area contributed by atoms with Crippen molar-refractivity contribution in [3.63, 3.8) is 0 Å². The van der Waals surface area contributed by atoms with Crippen LogP contribution in [0.2, 0.25) is 0 Å². The number of ether oxygens (including phenoxy) is 1. The first kappa shape index (κ1) is 19.1. The van der Waals surface area contributed by atoms with Gasteiger partial charge in [0, 0.05) is 38.9 Å². The largest absolute Gasteiger partial charge is 0.468 e. The number of fused-ring (bicyclic) bond motifs is 2. The highest BCUT2D eigenvalue weighted by Crippen LogP contribution is 2.70. The lowest BCUT2D eigenvalue weighted by Crippen LogP contribution is -3.04. The second kappa shape index (κ2) is 5.06. The van der Waals surface area contributed by atoms with Crippen LogP contribution >= 0.6 is 0 Å². The van der Waals surface area contributed by atoms with Crippen molar-refractivity contribution in [2.24, 2.45) is 11.3 Å². The zero-order valence-electron chi connectivity index (χ0n) is 18.8. The second-order valence-corrected chi connectivity index (χ2v) is 11.6. The molecule has 6 atom stereocenters. The minimum absolute atomic E-state index is 0.0408. The highest BCUT2D eigenvalue weighted by atomic mass is 16.6. The predicted molar refractivity (Wildman–Crippen MR) is 118 cm³/mol. The van der Waals surface area contributed by atoms with Crippen LogP contribution in [0.4, 0.5) is 0 Å². The fraction of sp³-hybridized carbons (Fsp3) is 0.577. The van der Waals surface area contributed by atoms with Crippen molar-refractivity contribution < 1.29 is 15.2 Å². The number of hydrogen-bond acceptors (Lipinski definition) is 2. The van der Waals surface area contributed by atoms with Gasteiger partial charge in [-0.1, -0.05) is 45.9 Å². The molecular formula is C26H34N2O2. The Kier molecular flexibility index (Phi) is 3.22. The first-order valence-electron chi connectivity index (χ1n) is 11.3. The molecule has 4 heteroatoms. The summed E-state index contributed by atoms with van der Waals surface area (Å²) in [6.45, 7) is 15.6. The molecule has 0 spiro atoms. The molecule has 0 unspecified atom stereocenters. The van der Waals surface area contributed by atoms with Gasteiger partial charge in [0.1, 0.15) is 17.7 Å². The summed E-state index contributed by atoms with van der Waals surface area (Å²) < 4.78 is 6.49. The topological polar surface area (TPSA) is 65.2 Å². The van der Waals surface area contributed by atoms with E-state index in [9.17, 15) is 5.11 Å². The Hall–Kier alpha value is -1.62. The van der Waals surface area contributed by atoms with Crippen molar-refractivity contribution in [1.82, 2.24) is 4.98 Å². The number of aromatic nitrogens is 1. The highest BCUT2D eigenvalue weighted by Gasteiger charge is 2.82. The Morgan fingerprint density at radius 3 is 2.60 bits per heavy atom. The Bertz CT molecular complexity index is 1110. The van der Waals surface area contributed by atoms with Gasteiger partial charge >= 0.3 is 0 Å². The molecule has 4 N–H and O–H groups in total. The van der Waals surface area contributed by atoms with E-state index in [4.69, 9.17) is 4.74 Å². The van der Waals surface area contributed by atoms with Crippen molar-refractivity contribution in [3.05, 3.63) is 54.7 Å². The van der Waals surface area contributed by atoms with Gasteiger partial charge in [-0.2, -0.15) is 7.05 Å². The van der Waals surface area contributed by atoms with Crippen molar-refractivity contribution in [2.45, 2.75) is 81.6 Å². The van der Waals surface area contributed by atoms with Gasteiger partial charge in [-0.05, 0) is 36.8 Å². The molecular weight excluding hydrogens is 372 g/mol. The smallest absolute Gasteiger partial charge is 0.151 e. The van der Waals surface area contributed by atoms with Crippen LogP contribution in [0.5, 0.6) is 0 Å². The molecule has 2 fully saturated rings. The summed E-state index contributed by atoms with van der Waals surface area (Å²) >= 11 is 0. The summed E-state index contributed by atoms with van der Waals surface area (Å²) in [6, 6.07) is 6.57. The lowest BCUT2D eigenvalue weighted by atomic mass is 9.43. The Balaban J connectivity index is 1.86. The molecule has 0 bridgehead atoms. The summed E-state index contributed by atoms with van der Waals surface area (Å²) in [5.74, 6) is 0.0717. The fourth-order valence-corrected chi connectivity index (χ4v) is 8.15. The molecule has 1 saturated carbocycles. The van der Waals surface area contributed by atoms with Crippen LogP contribution in [0.3, 0.4) is 0 Å². The van der Waals surface area contributed by atoms with Crippen LogP contribution in [0.25, 0.3) is 10.9 Å². The Morgan fingerprint density at radius 1 is 1.20 bits per heavy atom. The van der Waals surface area contributed by atoms with Gasteiger partial charge in [0.15, 0.2) is 5.60 Å². The third kappa shape index (κ3) is 1.62. The molecule has 0 amide bonds. The lowest BCUT2D eigenvalue weighted by Gasteiger charge is -2.64. The van der Waals surface area contributed by atoms with Crippen molar-refractivity contribution in [3.8, 4) is 0 Å². The molecule has 2 aromatic rings. The lowest BCUT2D eigenvalue weighted by molar-refractivity contribution is -0.721. The standard InChI is InChI=1S/C26H34N2O2/c1-8-24(6)13-12-16-22(2,3)14-10-9-11-15-17(14)18-19(28-15)23(4,5)20-21(30-20)26(24,27-7)25(16,18)29/h8-11,16,20-21,28-29H,1,7,12-13,27H2,2-6H3/t16-,20-,21+,24+,25-,26+/m1/s1. The number of aliphatic hydroxyl groups is 1. The van der Waals surface area contributed by atoms with E-state index in [1.165, 1.54) is 10.9 Å². The first-order valence-corrected chi connectivity index (χ1v) is 11.3. The number of quaternary nitrogens is 1. The van der Waals surface area contributed by atoms with E-state index in [1.807, 2.05) is 5.32 Å².